The number of nitrogens with zero attached hydrogens (tertiary/aromatic N) is 1. The molecule has 1 heterocycles. The summed E-state index contributed by atoms with van der Waals surface area (Å²) < 4.78 is 16.1. The molecule has 30 heavy (non-hydrogen) atoms. The van der Waals surface area contributed by atoms with E-state index in [9.17, 15) is 9.59 Å². The summed E-state index contributed by atoms with van der Waals surface area (Å²) in [6.07, 6.45) is 4.25. The molecule has 1 N–H and O–H groups in total. The van der Waals surface area contributed by atoms with Crippen LogP contribution in [0.1, 0.15) is 51.5 Å². The zero-order valence-corrected chi connectivity index (χ0v) is 18.4. The predicted molar refractivity (Wildman–Crippen MR) is 114 cm³/mol. The molecular formula is C23H34N2O5. The van der Waals surface area contributed by atoms with Gasteiger partial charge in [0.25, 0.3) is 0 Å². The van der Waals surface area contributed by atoms with Gasteiger partial charge in [-0.3, -0.25) is 14.5 Å². The molecule has 0 unspecified atom stereocenters. The normalized spacial score (nSPS) is 17.2. The molecule has 0 bridgehead atoms. The molecular weight excluding hydrogens is 384 g/mol. The Morgan fingerprint density at radius 3 is 2.53 bits per heavy atom. The Balaban J connectivity index is 1.70. The third kappa shape index (κ3) is 5.65. The Morgan fingerprint density at radius 2 is 1.87 bits per heavy atom. The Kier molecular flexibility index (Phi) is 7.58. The molecule has 0 radical (unpaired) electrons. The molecule has 0 atom stereocenters. The summed E-state index contributed by atoms with van der Waals surface area (Å²) in [6, 6.07) is 6.00. The molecule has 7 heteroatoms. The molecule has 1 aromatic rings. The number of carbonyl (C=O) groups excluding carboxylic acids is 2. The number of ether oxygens (including phenoxy) is 3. The fourth-order valence-electron chi connectivity index (χ4n) is 4.42. The van der Waals surface area contributed by atoms with Crippen LogP contribution in [-0.2, 0) is 19.9 Å². The first kappa shape index (κ1) is 22.4. The fourth-order valence-corrected chi connectivity index (χ4v) is 4.42. The Hall–Kier alpha value is -2.28. The molecule has 1 amide bonds. The van der Waals surface area contributed by atoms with Gasteiger partial charge in [0.2, 0.25) is 5.91 Å². The molecule has 1 aliphatic heterocycles. The highest BCUT2D eigenvalue weighted by Gasteiger charge is 2.38. The van der Waals surface area contributed by atoms with E-state index in [2.05, 4.69) is 19.2 Å². The van der Waals surface area contributed by atoms with Gasteiger partial charge in [0.05, 0.1) is 25.6 Å². The predicted octanol–water partition coefficient (Wildman–Crippen LogP) is 2.86. The number of nitrogens with one attached hydrogen (secondary N) is 1. The molecule has 3 rings (SSSR count). The zero-order chi connectivity index (χ0) is 21.6. The second kappa shape index (κ2) is 10.2. The first-order valence-electron chi connectivity index (χ1n) is 10.9. The maximum atomic E-state index is 13.0. The summed E-state index contributed by atoms with van der Waals surface area (Å²) in [5, 5.41) is 3.33. The minimum atomic E-state index is -0.376. The molecule has 7 nitrogen and oxygen atoms in total. The first-order chi connectivity index (χ1) is 14.4. The number of amides is 1. The minimum Gasteiger partial charge on any atom is -0.486 e. The van der Waals surface area contributed by atoms with E-state index < -0.39 is 0 Å². The molecule has 166 valence electrons. The maximum absolute atomic E-state index is 13.0. The molecule has 1 aliphatic carbocycles. The minimum absolute atomic E-state index is 0.0164. The van der Waals surface area contributed by atoms with Crippen LogP contribution in [0.25, 0.3) is 0 Å². The third-order valence-corrected chi connectivity index (χ3v) is 5.78. The Morgan fingerprint density at radius 1 is 1.17 bits per heavy atom. The number of fused-ring (bicyclic) bond motifs is 1. The molecule has 2 aliphatic rings. The van der Waals surface area contributed by atoms with E-state index in [0.29, 0.717) is 25.7 Å². The van der Waals surface area contributed by atoms with Crippen molar-refractivity contribution in [1.82, 2.24) is 10.2 Å². The van der Waals surface area contributed by atoms with Crippen LogP contribution in [0.2, 0.25) is 0 Å². The van der Waals surface area contributed by atoms with Crippen LogP contribution in [0, 0.1) is 5.92 Å². The second-order valence-electron chi connectivity index (χ2n) is 8.65. The van der Waals surface area contributed by atoms with Gasteiger partial charge in [0.15, 0.2) is 11.5 Å². The van der Waals surface area contributed by atoms with Crippen molar-refractivity contribution in [1.29, 1.82) is 0 Å². The Bertz CT molecular complexity index is 743. The average molecular weight is 419 g/mol. The van der Waals surface area contributed by atoms with Crippen LogP contribution in [-0.4, -0.2) is 56.7 Å². The van der Waals surface area contributed by atoms with Crippen molar-refractivity contribution in [3.8, 4) is 11.5 Å². The molecule has 1 fully saturated rings. The largest absolute Gasteiger partial charge is 0.486 e. The number of methoxy groups -OCH3 is 1. The van der Waals surface area contributed by atoms with E-state index in [1.807, 2.05) is 23.1 Å². The number of esters is 1. The van der Waals surface area contributed by atoms with Gasteiger partial charge in [0, 0.05) is 13.1 Å². The van der Waals surface area contributed by atoms with E-state index >= 15 is 0 Å². The molecule has 0 aromatic heterocycles. The van der Waals surface area contributed by atoms with Crippen molar-refractivity contribution in [2.75, 3.05) is 40.0 Å². The van der Waals surface area contributed by atoms with E-state index in [1.165, 1.54) is 7.11 Å². The lowest BCUT2D eigenvalue weighted by atomic mass is 9.87. The number of hydrogen-bond donors (Lipinski definition) is 1. The van der Waals surface area contributed by atoms with Crippen molar-refractivity contribution in [2.45, 2.75) is 51.5 Å². The van der Waals surface area contributed by atoms with Crippen molar-refractivity contribution in [3.05, 3.63) is 23.8 Å². The van der Waals surface area contributed by atoms with Gasteiger partial charge in [-0.1, -0.05) is 32.8 Å². The van der Waals surface area contributed by atoms with E-state index in [1.54, 1.807) is 0 Å². The fraction of sp³-hybridized carbons (Fsp3) is 0.652. The van der Waals surface area contributed by atoms with E-state index in [4.69, 9.17) is 14.2 Å². The highest BCUT2D eigenvalue weighted by atomic mass is 16.6. The first-order valence-corrected chi connectivity index (χ1v) is 10.9. The van der Waals surface area contributed by atoms with Gasteiger partial charge in [-0.15, -0.1) is 0 Å². The summed E-state index contributed by atoms with van der Waals surface area (Å²) in [4.78, 5) is 26.6. The maximum Gasteiger partial charge on any atom is 0.306 e. The number of benzene rings is 1. The van der Waals surface area contributed by atoms with Crippen LogP contribution in [0.3, 0.4) is 0 Å². The molecule has 0 saturated heterocycles. The van der Waals surface area contributed by atoms with Crippen LogP contribution in [0.4, 0.5) is 0 Å². The van der Waals surface area contributed by atoms with Gasteiger partial charge >= 0.3 is 5.97 Å². The number of rotatable bonds is 9. The highest BCUT2D eigenvalue weighted by molar-refractivity contribution is 5.79. The van der Waals surface area contributed by atoms with Crippen molar-refractivity contribution in [3.63, 3.8) is 0 Å². The van der Waals surface area contributed by atoms with Crippen LogP contribution in [0.15, 0.2) is 18.2 Å². The van der Waals surface area contributed by atoms with E-state index in [0.717, 1.165) is 49.3 Å². The van der Waals surface area contributed by atoms with Crippen LogP contribution >= 0.6 is 0 Å². The Labute approximate surface area is 179 Å². The highest BCUT2D eigenvalue weighted by Crippen LogP contribution is 2.42. The van der Waals surface area contributed by atoms with Crippen molar-refractivity contribution >= 4 is 11.9 Å². The van der Waals surface area contributed by atoms with Gasteiger partial charge in [-0.05, 0) is 36.5 Å². The lowest BCUT2D eigenvalue weighted by molar-refractivity contribution is -0.141. The van der Waals surface area contributed by atoms with Gasteiger partial charge in [-0.2, -0.15) is 0 Å². The third-order valence-electron chi connectivity index (χ3n) is 5.78. The summed E-state index contributed by atoms with van der Waals surface area (Å²) in [7, 11) is 1.39. The lowest BCUT2D eigenvalue weighted by Gasteiger charge is -2.33. The van der Waals surface area contributed by atoms with Crippen molar-refractivity contribution < 1.29 is 23.8 Å². The lowest BCUT2D eigenvalue weighted by Crippen LogP contribution is -2.48. The average Bonchev–Trinajstić information content (AvgIpc) is 3.20. The second-order valence-corrected chi connectivity index (χ2v) is 8.65. The molecule has 0 spiro atoms. The smallest absolute Gasteiger partial charge is 0.306 e. The van der Waals surface area contributed by atoms with Gasteiger partial charge in [0.1, 0.15) is 13.2 Å². The summed E-state index contributed by atoms with van der Waals surface area (Å²) in [5.74, 6) is 1.63. The summed E-state index contributed by atoms with van der Waals surface area (Å²) in [5.41, 5.74) is 0.696. The molecule has 1 aromatic carbocycles. The molecule has 1 saturated carbocycles. The van der Waals surface area contributed by atoms with Crippen molar-refractivity contribution in [2.24, 2.45) is 5.92 Å². The number of hydrogen-bond acceptors (Lipinski definition) is 6. The SMILES string of the molecule is COC(=O)CCN(CC(=O)NC1(c2ccc3c(c2)OCCO3)CCCC1)CC(C)C. The monoisotopic (exact) mass is 418 g/mol. The zero-order valence-electron chi connectivity index (χ0n) is 18.4. The summed E-state index contributed by atoms with van der Waals surface area (Å²) in [6.45, 7) is 6.84. The van der Waals surface area contributed by atoms with E-state index in [-0.39, 0.29) is 30.4 Å². The number of carbonyl (C=O) groups is 2. The van der Waals surface area contributed by atoms with Gasteiger partial charge in [-0.25, -0.2) is 0 Å². The summed E-state index contributed by atoms with van der Waals surface area (Å²) >= 11 is 0. The van der Waals surface area contributed by atoms with Crippen LogP contribution < -0.4 is 14.8 Å². The van der Waals surface area contributed by atoms with Gasteiger partial charge < -0.3 is 19.5 Å². The van der Waals surface area contributed by atoms with Crippen LogP contribution in [0.5, 0.6) is 11.5 Å². The topological polar surface area (TPSA) is 77.1 Å². The standard InChI is InChI=1S/C23H34N2O5/c1-17(2)15-25(11-8-22(27)28-3)16-21(26)24-23(9-4-5-10-23)18-6-7-19-20(14-18)30-13-12-29-19/h6-7,14,17H,4-5,8-13,15-16H2,1-3H3,(H,24,26). The quantitative estimate of drug-likeness (QED) is 0.622.